The first-order chi connectivity index (χ1) is 17.1. The average Bonchev–Trinajstić information content (AvgIpc) is 2.83. The standard InChI is InChI=1S/C26H27ClF3N5O/c1-14-24(33)21(25(34-2)17-8-18(28)10-19(29)9-17)5-6-35(14)26(36)22-11-20(30)7-16(23(22)27)4-3-15(12-31)13-32/h7-14,31,33-34H,3-6,32H2,1-2H3/b15-13-,25-21-,31-12?,33-24?. The molecule has 1 unspecified atom stereocenters. The van der Waals surface area contributed by atoms with Gasteiger partial charge in [-0.3, -0.25) is 4.79 Å². The van der Waals surface area contributed by atoms with Crippen molar-refractivity contribution in [3.05, 3.63) is 86.8 Å². The molecule has 36 heavy (non-hydrogen) atoms. The van der Waals surface area contributed by atoms with Crippen LogP contribution in [0.3, 0.4) is 0 Å². The van der Waals surface area contributed by atoms with Crippen LogP contribution in [-0.4, -0.2) is 42.4 Å². The van der Waals surface area contributed by atoms with Crippen LogP contribution in [0.5, 0.6) is 0 Å². The second-order valence-corrected chi connectivity index (χ2v) is 8.79. The summed E-state index contributed by atoms with van der Waals surface area (Å²) in [6, 6.07) is 4.74. The highest BCUT2D eigenvalue weighted by Crippen LogP contribution is 2.31. The number of piperidine rings is 1. The second kappa shape index (κ2) is 11.4. The molecule has 0 bridgehead atoms. The minimum absolute atomic E-state index is 0.0204. The third kappa shape index (κ3) is 5.62. The maximum Gasteiger partial charge on any atom is 0.256 e. The van der Waals surface area contributed by atoms with Gasteiger partial charge in [-0.25, -0.2) is 13.2 Å². The summed E-state index contributed by atoms with van der Waals surface area (Å²) in [6.07, 6.45) is 3.26. The fraction of sp³-hybridized carbons (Fsp3) is 0.269. The lowest BCUT2D eigenvalue weighted by molar-refractivity contribution is 0.0728. The Morgan fingerprint density at radius 2 is 1.83 bits per heavy atom. The van der Waals surface area contributed by atoms with E-state index in [1.807, 2.05) is 0 Å². The predicted octanol–water partition coefficient (Wildman–Crippen LogP) is 5.07. The van der Waals surface area contributed by atoms with Crippen LogP contribution in [0.1, 0.15) is 41.3 Å². The van der Waals surface area contributed by atoms with Gasteiger partial charge in [0.2, 0.25) is 0 Å². The zero-order valence-corrected chi connectivity index (χ0v) is 20.6. The van der Waals surface area contributed by atoms with Crippen molar-refractivity contribution in [2.24, 2.45) is 5.73 Å². The number of aryl methyl sites for hydroxylation is 1. The van der Waals surface area contributed by atoms with Crippen LogP contribution in [0.4, 0.5) is 13.2 Å². The van der Waals surface area contributed by atoms with Gasteiger partial charge in [-0.15, -0.1) is 0 Å². The van der Waals surface area contributed by atoms with Crippen molar-refractivity contribution in [2.75, 3.05) is 13.6 Å². The zero-order valence-electron chi connectivity index (χ0n) is 19.9. The number of rotatable bonds is 7. The molecule has 3 rings (SSSR count). The van der Waals surface area contributed by atoms with E-state index < -0.39 is 29.4 Å². The van der Waals surface area contributed by atoms with E-state index >= 15 is 0 Å². The molecular weight excluding hydrogens is 491 g/mol. The lowest BCUT2D eigenvalue weighted by Gasteiger charge is -2.36. The van der Waals surface area contributed by atoms with Gasteiger partial charge in [0.15, 0.2) is 0 Å². The molecule has 1 aliphatic heterocycles. The van der Waals surface area contributed by atoms with Crippen LogP contribution >= 0.6 is 11.6 Å². The number of amides is 1. The van der Waals surface area contributed by atoms with Crippen LogP contribution < -0.4 is 11.1 Å². The molecule has 5 N–H and O–H groups in total. The first-order valence-corrected chi connectivity index (χ1v) is 11.6. The summed E-state index contributed by atoms with van der Waals surface area (Å²) < 4.78 is 42.0. The highest BCUT2D eigenvalue weighted by atomic mass is 35.5. The summed E-state index contributed by atoms with van der Waals surface area (Å²) in [5.41, 5.74) is 7.68. The van der Waals surface area contributed by atoms with Crippen LogP contribution in [-0.2, 0) is 6.42 Å². The number of hydrogen-bond donors (Lipinski definition) is 4. The maximum atomic E-state index is 14.4. The Morgan fingerprint density at radius 3 is 2.42 bits per heavy atom. The van der Waals surface area contributed by atoms with E-state index in [1.54, 1.807) is 14.0 Å². The minimum atomic E-state index is -0.739. The Labute approximate surface area is 212 Å². The molecule has 0 aliphatic carbocycles. The van der Waals surface area contributed by atoms with Gasteiger partial charge in [0, 0.05) is 42.7 Å². The van der Waals surface area contributed by atoms with Crippen LogP contribution in [0.15, 0.2) is 47.7 Å². The molecule has 2 aromatic rings. The number of nitrogens with two attached hydrogens (primary N) is 1. The molecule has 0 spiro atoms. The Hall–Kier alpha value is -3.59. The predicted molar refractivity (Wildman–Crippen MR) is 136 cm³/mol. The Bertz CT molecular complexity index is 1250. The van der Waals surface area contributed by atoms with Crippen LogP contribution in [0, 0.1) is 28.3 Å². The van der Waals surface area contributed by atoms with Gasteiger partial charge in [-0.1, -0.05) is 11.6 Å². The summed E-state index contributed by atoms with van der Waals surface area (Å²) in [4.78, 5) is 14.8. The van der Waals surface area contributed by atoms with Crippen molar-refractivity contribution in [2.45, 2.75) is 32.2 Å². The number of nitrogens with one attached hydrogen (secondary N) is 3. The van der Waals surface area contributed by atoms with Crippen molar-refractivity contribution in [3.63, 3.8) is 0 Å². The van der Waals surface area contributed by atoms with E-state index in [0.717, 1.165) is 18.3 Å². The smallest absolute Gasteiger partial charge is 0.256 e. The van der Waals surface area contributed by atoms with Gasteiger partial charge in [0.05, 0.1) is 22.3 Å². The van der Waals surface area contributed by atoms with Gasteiger partial charge in [-0.2, -0.15) is 0 Å². The quantitative estimate of drug-likeness (QED) is 0.385. The van der Waals surface area contributed by atoms with Gasteiger partial charge in [-0.05, 0) is 67.8 Å². The van der Waals surface area contributed by atoms with Gasteiger partial charge in [0.25, 0.3) is 5.91 Å². The molecule has 1 atom stereocenters. The number of hydrogen-bond acceptors (Lipinski definition) is 5. The van der Waals surface area contributed by atoms with Crippen LogP contribution in [0.25, 0.3) is 5.70 Å². The number of benzene rings is 2. The summed E-state index contributed by atoms with van der Waals surface area (Å²) in [5, 5.41) is 19.1. The number of allylic oxidation sites excluding steroid dienone is 1. The summed E-state index contributed by atoms with van der Waals surface area (Å²) >= 11 is 6.49. The Morgan fingerprint density at radius 1 is 1.19 bits per heavy atom. The number of halogens is 4. The molecule has 0 radical (unpaired) electrons. The molecule has 6 nitrogen and oxygen atoms in total. The molecule has 1 fully saturated rings. The maximum absolute atomic E-state index is 14.4. The molecule has 2 aromatic carbocycles. The molecule has 0 aromatic heterocycles. The van der Waals surface area contributed by atoms with Gasteiger partial charge >= 0.3 is 0 Å². The highest BCUT2D eigenvalue weighted by Gasteiger charge is 2.33. The van der Waals surface area contributed by atoms with Gasteiger partial charge in [0.1, 0.15) is 17.5 Å². The normalized spacial score (nSPS) is 17.7. The third-order valence-electron chi connectivity index (χ3n) is 6.20. The molecule has 1 aliphatic rings. The highest BCUT2D eigenvalue weighted by molar-refractivity contribution is 6.34. The van der Waals surface area contributed by atoms with Crippen molar-refractivity contribution in [3.8, 4) is 0 Å². The average molecular weight is 518 g/mol. The lowest BCUT2D eigenvalue weighted by atomic mass is 9.90. The number of carbonyl (C=O) groups excluding carboxylic acids is 1. The SMILES string of the molecule is CN/C(=C1/CCN(C(=O)c2cc(F)cc(CC/C(C=N)=C/N)c2Cl)C(C)C1=N)c1cc(F)cc(F)c1. The molecule has 1 amide bonds. The Kier molecular flexibility index (Phi) is 8.57. The Balaban J connectivity index is 1.91. The van der Waals surface area contributed by atoms with Crippen molar-refractivity contribution >= 4 is 35.1 Å². The summed E-state index contributed by atoms with van der Waals surface area (Å²) in [6.45, 7) is 1.85. The molecule has 1 heterocycles. The summed E-state index contributed by atoms with van der Waals surface area (Å²) in [5.74, 6) is -2.63. The number of carbonyl (C=O) groups is 1. The van der Waals surface area contributed by atoms with E-state index in [9.17, 15) is 18.0 Å². The minimum Gasteiger partial charge on any atom is -0.404 e. The van der Waals surface area contributed by atoms with Crippen molar-refractivity contribution in [1.82, 2.24) is 10.2 Å². The molecular formula is C26H27ClF3N5O. The first-order valence-electron chi connectivity index (χ1n) is 11.3. The molecule has 0 saturated carbocycles. The largest absolute Gasteiger partial charge is 0.404 e. The molecule has 10 heteroatoms. The van der Waals surface area contributed by atoms with E-state index in [4.69, 9.17) is 28.2 Å². The zero-order chi connectivity index (χ0) is 26.6. The lowest BCUT2D eigenvalue weighted by Crippen LogP contribution is -2.48. The third-order valence-corrected chi connectivity index (χ3v) is 6.65. The van der Waals surface area contributed by atoms with Crippen LogP contribution in [0.2, 0.25) is 5.02 Å². The van der Waals surface area contributed by atoms with E-state index in [-0.39, 0.29) is 41.2 Å². The van der Waals surface area contributed by atoms with Gasteiger partial charge < -0.3 is 26.8 Å². The van der Waals surface area contributed by atoms with Crippen molar-refractivity contribution in [1.29, 1.82) is 10.8 Å². The fourth-order valence-corrected chi connectivity index (χ4v) is 4.58. The van der Waals surface area contributed by atoms with Crippen molar-refractivity contribution < 1.29 is 18.0 Å². The first kappa shape index (κ1) is 27.0. The number of nitrogens with zero attached hydrogens (tertiary/aromatic N) is 1. The van der Waals surface area contributed by atoms with E-state index in [1.165, 1.54) is 29.3 Å². The van der Waals surface area contributed by atoms with E-state index in [2.05, 4.69) is 5.32 Å². The monoisotopic (exact) mass is 517 g/mol. The summed E-state index contributed by atoms with van der Waals surface area (Å²) in [7, 11) is 1.60. The topological polar surface area (TPSA) is 106 Å². The molecule has 190 valence electrons. The fourth-order valence-electron chi connectivity index (χ4n) is 4.29. The van der Waals surface area contributed by atoms with E-state index in [0.29, 0.717) is 28.8 Å². The second-order valence-electron chi connectivity index (χ2n) is 8.41. The number of likely N-dealkylation sites (tertiary alicyclic amines) is 1. The molecule has 1 saturated heterocycles.